The zero-order valence-electron chi connectivity index (χ0n) is 13.4. The third-order valence-electron chi connectivity index (χ3n) is 3.59. The van der Waals surface area contributed by atoms with E-state index in [1.54, 1.807) is 19.2 Å². The summed E-state index contributed by atoms with van der Waals surface area (Å²) in [7, 11) is 0. The lowest BCUT2D eigenvalue weighted by Gasteiger charge is -2.08. The van der Waals surface area contributed by atoms with Gasteiger partial charge in [-0.1, -0.05) is 35.0 Å². The first kappa shape index (κ1) is 15.7. The van der Waals surface area contributed by atoms with Gasteiger partial charge in [0, 0.05) is 18.3 Å². The summed E-state index contributed by atoms with van der Waals surface area (Å²) < 4.78 is 6.42. The number of amides is 1. The number of benzene rings is 1. The van der Waals surface area contributed by atoms with Crippen molar-refractivity contribution in [3.05, 3.63) is 81.5 Å². The number of nitrogens with zero attached hydrogens (tertiary/aromatic N) is 2. The van der Waals surface area contributed by atoms with E-state index in [2.05, 4.69) is 10.5 Å². The van der Waals surface area contributed by atoms with Crippen molar-refractivity contribution in [2.45, 2.75) is 20.4 Å². The van der Waals surface area contributed by atoms with Crippen LogP contribution in [0.2, 0.25) is 0 Å². The van der Waals surface area contributed by atoms with Crippen LogP contribution in [0.25, 0.3) is 0 Å². The molecule has 0 saturated carbocycles. The number of carbonyl (C=O) groups excluding carboxylic acids is 1. The molecule has 1 N–H and O–H groups in total. The lowest BCUT2D eigenvalue weighted by molar-refractivity contribution is 0.102. The van der Waals surface area contributed by atoms with E-state index in [0.717, 1.165) is 11.1 Å². The van der Waals surface area contributed by atoms with Crippen LogP contribution in [-0.2, 0) is 6.54 Å². The first-order chi connectivity index (χ1) is 11.5. The van der Waals surface area contributed by atoms with Crippen molar-refractivity contribution in [1.29, 1.82) is 0 Å². The fourth-order valence-corrected chi connectivity index (χ4v) is 2.29. The first-order valence-electron chi connectivity index (χ1n) is 7.52. The summed E-state index contributed by atoms with van der Waals surface area (Å²) in [6, 6.07) is 12.4. The number of rotatable bonds is 4. The topological polar surface area (TPSA) is 77.1 Å². The van der Waals surface area contributed by atoms with Gasteiger partial charge >= 0.3 is 0 Å². The van der Waals surface area contributed by atoms with Crippen molar-refractivity contribution in [1.82, 2.24) is 9.72 Å². The Morgan fingerprint density at radius 3 is 2.58 bits per heavy atom. The minimum atomic E-state index is -0.346. The number of carbonyl (C=O) groups is 1. The van der Waals surface area contributed by atoms with Crippen LogP contribution in [0.3, 0.4) is 0 Å². The SMILES string of the molecule is Cc1ccc(Cn2cc(C(=O)Nc3cc(C)on3)ccc2=O)cc1. The van der Waals surface area contributed by atoms with Gasteiger partial charge in [0.25, 0.3) is 11.5 Å². The predicted molar refractivity (Wildman–Crippen MR) is 90.2 cm³/mol. The molecule has 0 fully saturated rings. The fraction of sp³-hybridized carbons (Fsp3) is 0.167. The second-order valence-electron chi connectivity index (χ2n) is 5.65. The van der Waals surface area contributed by atoms with Crippen LogP contribution in [0.1, 0.15) is 27.2 Å². The summed E-state index contributed by atoms with van der Waals surface area (Å²) in [5, 5.41) is 6.36. The Hall–Kier alpha value is -3.15. The molecule has 0 aliphatic heterocycles. The molecule has 24 heavy (non-hydrogen) atoms. The maximum atomic E-state index is 12.3. The molecule has 6 heteroatoms. The van der Waals surface area contributed by atoms with Crippen LogP contribution in [0.5, 0.6) is 0 Å². The van der Waals surface area contributed by atoms with E-state index in [0.29, 0.717) is 23.7 Å². The lowest BCUT2D eigenvalue weighted by Crippen LogP contribution is -2.22. The molecule has 2 aromatic heterocycles. The number of aryl methyl sites for hydroxylation is 2. The molecular weight excluding hydrogens is 306 g/mol. The summed E-state index contributed by atoms with van der Waals surface area (Å²) in [5.41, 5.74) is 2.36. The van der Waals surface area contributed by atoms with Gasteiger partial charge in [-0.2, -0.15) is 0 Å². The molecule has 0 saturated heterocycles. The van der Waals surface area contributed by atoms with Gasteiger partial charge < -0.3 is 14.4 Å². The molecule has 6 nitrogen and oxygen atoms in total. The van der Waals surface area contributed by atoms with E-state index in [9.17, 15) is 9.59 Å². The maximum absolute atomic E-state index is 12.3. The monoisotopic (exact) mass is 323 g/mol. The normalized spacial score (nSPS) is 10.6. The molecule has 0 aliphatic rings. The third kappa shape index (κ3) is 3.60. The van der Waals surface area contributed by atoms with Gasteiger partial charge in [0.05, 0.1) is 12.1 Å². The van der Waals surface area contributed by atoms with E-state index < -0.39 is 0 Å². The number of pyridine rings is 1. The van der Waals surface area contributed by atoms with Crippen molar-refractivity contribution < 1.29 is 9.32 Å². The number of anilines is 1. The molecule has 0 atom stereocenters. The van der Waals surface area contributed by atoms with Crippen LogP contribution in [0.15, 0.2) is 58.0 Å². The zero-order chi connectivity index (χ0) is 17.1. The molecule has 0 radical (unpaired) electrons. The first-order valence-corrected chi connectivity index (χ1v) is 7.52. The average molecular weight is 323 g/mol. The summed E-state index contributed by atoms with van der Waals surface area (Å²) in [4.78, 5) is 24.3. The van der Waals surface area contributed by atoms with Crippen molar-refractivity contribution in [2.24, 2.45) is 0 Å². The van der Waals surface area contributed by atoms with E-state index in [4.69, 9.17) is 4.52 Å². The highest BCUT2D eigenvalue weighted by Crippen LogP contribution is 2.10. The summed E-state index contributed by atoms with van der Waals surface area (Å²) >= 11 is 0. The highest BCUT2D eigenvalue weighted by Gasteiger charge is 2.10. The Balaban J connectivity index is 1.81. The summed E-state index contributed by atoms with van der Waals surface area (Å²) in [6.45, 7) is 4.15. The second-order valence-corrected chi connectivity index (χ2v) is 5.65. The predicted octanol–water partition coefficient (Wildman–Crippen LogP) is 2.75. The van der Waals surface area contributed by atoms with Crippen molar-refractivity contribution >= 4 is 11.7 Å². The molecule has 1 aromatic carbocycles. The molecule has 122 valence electrons. The average Bonchev–Trinajstić information content (AvgIpc) is 2.96. The van der Waals surface area contributed by atoms with Gasteiger partial charge in [-0.15, -0.1) is 0 Å². The van der Waals surface area contributed by atoms with Crippen LogP contribution >= 0.6 is 0 Å². The van der Waals surface area contributed by atoms with Crippen molar-refractivity contribution in [2.75, 3.05) is 5.32 Å². The molecule has 0 bridgehead atoms. The van der Waals surface area contributed by atoms with Crippen LogP contribution < -0.4 is 10.9 Å². The van der Waals surface area contributed by atoms with Gasteiger partial charge in [-0.05, 0) is 25.5 Å². The third-order valence-corrected chi connectivity index (χ3v) is 3.59. The lowest BCUT2D eigenvalue weighted by atomic mass is 10.1. The van der Waals surface area contributed by atoms with Crippen LogP contribution in [0, 0.1) is 13.8 Å². The minimum Gasteiger partial charge on any atom is -0.360 e. The Morgan fingerprint density at radius 1 is 1.17 bits per heavy atom. The molecular formula is C18H17N3O3. The standard InChI is InChI=1S/C18H17N3O3/c1-12-3-5-14(6-4-12)10-21-11-15(7-8-17(21)22)18(23)19-16-9-13(2)24-20-16/h3-9,11H,10H2,1-2H3,(H,19,20,23). The largest absolute Gasteiger partial charge is 0.360 e. The molecule has 3 rings (SSSR count). The van der Waals surface area contributed by atoms with Gasteiger partial charge in [0.1, 0.15) is 5.76 Å². The zero-order valence-corrected chi connectivity index (χ0v) is 13.4. The van der Waals surface area contributed by atoms with Crippen LogP contribution in [0.4, 0.5) is 5.82 Å². The highest BCUT2D eigenvalue weighted by molar-refractivity contribution is 6.03. The van der Waals surface area contributed by atoms with Crippen molar-refractivity contribution in [3.63, 3.8) is 0 Å². The van der Waals surface area contributed by atoms with Gasteiger partial charge in [-0.3, -0.25) is 9.59 Å². The van der Waals surface area contributed by atoms with Gasteiger partial charge in [0.2, 0.25) is 0 Å². The van der Waals surface area contributed by atoms with Crippen LogP contribution in [-0.4, -0.2) is 15.6 Å². The summed E-state index contributed by atoms with van der Waals surface area (Å²) in [6.07, 6.45) is 1.55. The number of nitrogens with one attached hydrogen (secondary N) is 1. The molecule has 0 unspecified atom stereocenters. The Bertz CT molecular complexity index is 923. The molecule has 2 heterocycles. The van der Waals surface area contributed by atoms with E-state index in [1.165, 1.54) is 16.7 Å². The quantitative estimate of drug-likeness (QED) is 0.801. The van der Waals surface area contributed by atoms with E-state index >= 15 is 0 Å². The molecule has 3 aromatic rings. The Kier molecular flexibility index (Phi) is 4.29. The molecule has 1 amide bonds. The smallest absolute Gasteiger partial charge is 0.258 e. The minimum absolute atomic E-state index is 0.163. The van der Waals surface area contributed by atoms with E-state index in [-0.39, 0.29) is 11.5 Å². The van der Waals surface area contributed by atoms with Gasteiger partial charge in [0.15, 0.2) is 5.82 Å². The van der Waals surface area contributed by atoms with Crippen molar-refractivity contribution in [3.8, 4) is 0 Å². The molecule has 0 aliphatic carbocycles. The second kappa shape index (κ2) is 6.54. The van der Waals surface area contributed by atoms with E-state index in [1.807, 2.05) is 31.2 Å². The number of aromatic nitrogens is 2. The Labute approximate surface area is 138 Å². The maximum Gasteiger partial charge on any atom is 0.258 e. The fourth-order valence-electron chi connectivity index (χ4n) is 2.29. The number of hydrogen-bond donors (Lipinski definition) is 1. The Morgan fingerprint density at radius 2 is 1.92 bits per heavy atom. The summed E-state index contributed by atoms with van der Waals surface area (Å²) in [5.74, 6) is 0.601. The van der Waals surface area contributed by atoms with Gasteiger partial charge in [-0.25, -0.2) is 0 Å². The highest BCUT2D eigenvalue weighted by atomic mass is 16.5. The molecule has 0 spiro atoms. The number of hydrogen-bond acceptors (Lipinski definition) is 4.